The Hall–Kier alpha value is -3.85. The van der Waals surface area contributed by atoms with Crippen molar-refractivity contribution in [2.45, 2.75) is 6.54 Å². The molecule has 0 unspecified atom stereocenters. The molecule has 0 radical (unpaired) electrons. The van der Waals surface area contributed by atoms with Crippen LogP contribution in [0.1, 0.15) is 11.1 Å². The maximum absolute atomic E-state index is 13.5. The molecule has 144 valence electrons. The van der Waals surface area contributed by atoms with Crippen LogP contribution in [0.4, 0.5) is 14.5 Å². The van der Waals surface area contributed by atoms with E-state index in [-0.39, 0.29) is 0 Å². The summed E-state index contributed by atoms with van der Waals surface area (Å²) in [6, 6.07) is 19.2. The Morgan fingerprint density at radius 1 is 1.03 bits per heavy atom. The van der Waals surface area contributed by atoms with Crippen LogP contribution in [0, 0.1) is 23.0 Å². The largest absolute Gasteiger partial charge is 0.495 e. The van der Waals surface area contributed by atoms with Crippen LogP contribution in [0.3, 0.4) is 0 Å². The fourth-order valence-corrected chi connectivity index (χ4v) is 3.24. The van der Waals surface area contributed by atoms with Crippen LogP contribution in [-0.4, -0.2) is 12.1 Å². The highest BCUT2D eigenvalue weighted by Crippen LogP contribution is 2.32. The number of H-pyrrole nitrogens is 1. The smallest absolute Gasteiger partial charge is 0.160 e. The average Bonchev–Trinajstić information content (AvgIpc) is 3.15. The molecule has 29 heavy (non-hydrogen) atoms. The maximum atomic E-state index is 13.5. The molecule has 0 aliphatic carbocycles. The number of nitrogens with zero attached hydrogens (tertiary/aromatic N) is 1. The van der Waals surface area contributed by atoms with Gasteiger partial charge in [-0.15, -0.1) is 0 Å². The van der Waals surface area contributed by atoms with E-state index in [0.29, 0.717) is 28.8 Å². The molecule has 0 aliphatic rings. The van der Waals surface area contributed by atoms with Gasteiger partial charge in [0.25, 0.3) is 0 Å². The van der Waals surface area contributed by atoms with E-state index in [4.69, 9.17) is 10.00 Å². The Balaban J connectivity index is 1.65. The number of aromatic amines is 1. The number of fused-ring (bicyclic) bond motifs is 1. The van der Waals surface area contributed by atoms with Crippen molar-refractivity contribution >= 4 is 16.6 Å². The molecule has 3 aromatic carbocycles. The number of anilines is 1. The monoisotopic (exact) mass is 389 g/mol. The molecule has 4 rings (SSSR count). The van der Waals surface area contributed by atoms with Gasteiger partial charge in [0.15, 0.2) is 11.6 Å². The molecule has 4 nitrogen and oxygen atoms in total. The van der Waals surface area contributed by atoms with Gasteiger partial charge in [0.05, 0.1) is 24.4 Å². The molecule has 1 heterocycles. The number of rotatable bonds is 5. The van der Waals surface area contributed by atoms with Gasteiger partial charge in [0.2, 0.25) is 0 Å². The summed E-state index contributed by atoms with van der Waals surface area (Å²) in [7, 11) is 1.59. The van der Waals surface area contributed by atoms with Gasteiger partial charge < -0.3 is 15.0 Å². The molecule has 0 amide bonds. The minimum atomic E-state index is -0.886. The molecule has 0 fully saturated rings. The molecule has 0 bridgehead atoms. The SMILES string of the molecule is COc1ccc(-c2cc3cc(F)c(F)cc3[nH]2)cc1NCc1cccc(C#N)c1. The molecule has 0 aliphatic heterocycles. The van der Waals surface area contributed by atoms with Crippen LogP contribution in [0.2, 0.25) is 0 Å². The van der Waals surface area contributed by atoms with Crippen LogP contribution >= 0.6 is 0 Å². The van der Waals surface area contributed by atoms with E-state index < -0.39 is 11.6 Å². The number of methoxy groups -OCH3 is 1. The molecule has 0 spiro atoms. The molecule has 0 saturated heterocycles. The van der Waals surface area contributed by atoms with Crippen molar-refractivity contribution in [1.29, 1.82) is 5.26 Å². The summed E-state index contributed by atoms with van der Waals surface area (Å²) in [5, 5.41) is 13.0. The van der Waals surface area contributed by atoms with Gasteiger partial charge in [-0.05, 0) is 48.0 Å². The van der Waals surface area contributed by atoms with E-state index in [1.54, 1.807) is 19.2 Å². The lowest BCUT2D eigenvalue weighted by Gasteiger charge is -2.13. The van der Waals surface area contributed by atoms with Crippen molar-refractivity contribution < 1.29 is 13.5 Å². The number of hydrogen-bond donors (Lipinski definition) is 2. The van der Waals surface area contributed by atoms with Crippen LogP contribution < -0.4 is 10.1 Å². The summed E-state index contributed by atoms with van der Waals surface area (Å²) in [5.41, 5.74) is 4.44. The Labute approximate surface area is 166 Å². The summed E-state index contributed by atoms with van der Waals surface area (Å²) in [6.07, 6.45) is 0. The van der Waals surface area contributed by atoms with E-state index in [9.17, 15) is 8.78 Å². The fourth-order valence-electron chi connectivity index (χ4n) is 3.24. The van der Waals surface area contributed by atoms with Gasteiger partial charge in [-0.3, -0.25) is 0 Å². The maximum Gasteiger partial charge on any atom is 0.160 e. The second-order valence-corrected chi connectivity index (χ2v) is 6.62. The van der Waals surface area contributed by atoms with Gasteiger partial charge in [0, 0.05) is 34.8 Å². The van der Waals surface area contributed by atoms with E-state index >= 15 is 0 Å². The highest BCUT2D eigenvalue weighted by atomic mass is 19.2. The number of hydrogen-bond acceptors (Lipinski definition) is 3. The van der Waals surface area contributed by atoms with Crippen molar-refractivity contribution in [2.75, 3.05) is 12.4 Å². The third kappa shape index (κ3) is 3.76. The molecule has 4 aromatic rings. The lowest BCUT2D eigenvalue weighted by molar-refractivity contribution is 0.416. The second kappa shape index (κ2) is 7.64. The minimum Gasteiger partial charge on any atom is -0.495 e. The number of benzene rings is 3. The molecule has 0 saturated carbocycles. The van der Waals surface area contributed by atoms with Crippen molar-refractivity contribution in [3.63, 3.8) is 0 Å². The van der Waals surface area contributed by atoms with Crippen LogP contribution in [0.5, 0.6) is 5.75 Å². The predicted octanol–water partition coefficient (Wildman–Crippen LogP) is 5.61. The number of nitrogens with one attached hydrogen (secondary N) is 2. The normalized spacial score (nSPS) is 10.7. The Morgan fingerprint density at radius 3 is 2.66 bits per heavy atom. The Kier molecular flexibility index (Phi) is 4.88. The summed E-state index contributed by atoms with van der Waals surface area (Å²) in [5.74, 6) is -1.10. The van der Waals surface area contributed by atoms with Crippen molar-refractivity contribution in [3.8, 4) is 23.1 Å². The second-order valence-electron chi connectivity index (χ2n) is 6.62. The number of nitriles is 1. The molecule has 6 heteroatoms. The van der Waals surface area contributed by atoms with Crippen molar-refractivity contribution in [1.82, 2.24) is 4.98 Å². The number of aromatic nitrogens is 1. The zero-order chi connectivity index (χ0) is 20.4. The predicted molar refractivity (Wildman–Crippen MR) is 109 cm³/mol. The lowest BCUT2D eigenvalue weighted by Crippen LogP contribution is -2.02. The number of ether oxygens (including phenoxy) is 1. The van der Waals surface area contributed by atoms with Gasteiger partial charge in [-0.1, -0.05) is 12.1 Å². The van der Waals surface area contributed by atoms with Crippen molar-refractivity contribution in [3.05, 3.63) is 83.4 Å². The van der Waals surface area contributed by atoms with Crippen molar-refractivity contribution in [2.24, 2.45) is 0 Å². The Morgan fingerprint density at radius 2 is 1.86 bits per heavy atom. The summed E-state index contributed by atoms with van der Waals surface area (Å²) >= 11 is 0. The molecule has 0 atom stereocenters. The van der Waals surface area contributed by atoms with Gasteiger partial charge >= 0.3 is 0 Å². The topological polar surface area (TPSA) is 60.8 Å². The first-order valence-corrected chi connectivity index (χ1v) is 8.96. The first-order valence-electron chi connectivity index (χ1n) is 8.96. The van der Waals surface area contributed by atoms with Crippen LogP contribution in [0.25, 0.3) is 22.2 Å². The standard InChI is InChI=1S/C23H17F2N3O/c1-29-23-6-5-16(20-10-17-8-18(24)19(25)11-21(17)28-20)9-22(23)27-13-15-4-2-3-14(7-15)12-26/h2-11,27-28H,13H2,1H3. The zero-order valence-electron chi connectivity index (χ0n) is 15.6. The highest BCUT2D eigenvalue weighted by Gasteiger charge is 2.11. The number of halogens is 2. The van der Waals surface area contributed by atoms with Gasteiger partial charge in [-0.25, -0.2) is 8.78 Å². The van der Waals surface area contributed by atoms with E-state index in [0.717, 1.165) is 28.6 Å². The third-order valence-corrected chi connectivity index (χ3v) is 4.71. The van der Waals surface area contributed by atoms with E-state index in [1.807, 2.05) is 36.4 Å². The summed E-state index contributed by atoms with van der Waals surface area (Å²) in [6.45, 7) is 0.512. The highest BCUT2D eigenvalue weighted by molar-refractivity contribution is 5.86. The fraction of sp³-hybridized carbons (Fsp3) is 0.0870. The van der Waals surface area contributed by atoms with Crippen LogP contribution in [0.15, 0.2) is 60.7 Å². The Bertz CT molecular complexity index is 1200. The summed E-state index contributed by atoms with van der Waals surface area (Å²) in [4.78, 5) is 3.12. The van der Waals surface area contributed by atoms with Crippen LogP contribution in [-0.2, 0) is 6.54 Å². The molecule has 1 aromatic heterocycles. The molecular weight excluding hydrogens is 372 g/mol. The van der Waals surface area contributed by atoms with Gasteiger partial charge in [-0.2, -0.15) is 5.26 Å². The van der Waals surface area contributed by atoms with E-state index in [2.05, 4.69) is 16.4 Å². The minimum absolute atomic E-state index is 0.512. The van der Waals surface area contributed by atoms with E-state index in [1.165, 1.54) is 6.07 Å². The molecule has 2 N–H and O–H groups in total. The first kappa shape index (κ1) is 18.5. The van der Waals surface area contributed by atoms with Gasteiger partial charge in [0.1, 0.15) is 5.75 Å². The first-order chi connectivity index (χ1) is 14.1. The zero-order valence-corrected chi connectivity index (χ0v) is 15.6. The average molecular weight is 389 g/mol. The quantitative estimate of drug-likeness (QED) is 0.467. The lowest BCUT2D eigenvalue weighted by atomic mass is 10.1. The third-order valence-electron chi connectivity index (χ3n) is 4.71. The molecular formula is C23H17F2N3O. The summed E-state index contributed by atoms with van der Waals surface area (Å²) < 4.78 is 32.4.